The number of carboxylic acids is 1. The number of nitrogens with one attached hydrogen (secondary N) is 2. The molecular weight excluding hydrogens is 420 g/mol. The first-order valence-electron chi connectivity index (χ1n) is 11.3. The van der Waals surface area contributed by atoms with E-state index in [2.05, 4.69) is 34.9 Å². The molecule has 33 heavy (non-hydrogen) atoms. The molecule has 2 amide bonds. The second kappa shape index (κ2) is 10.3. The lowest BCUT2D eigenvalue weighted by molar-refractivity contribution is -0.131. The fraction of sp³-hybridized carbons (Fsp3) is 0.346. The van der Waals surface area contributed by atoms with Crippen LogP contribution in [0.25, 0.3) is 11.1 Å². The van der Waals surface area contributed by atoms with Gasteiger partial charge in [0.05, 0.1) is 0 Å². The van der Waals surface area contributed by atoms with Crippen LogP contribution >= 0.6 is 0 Å². The van der Waals surface area contributed by atoms with Gasteiger partial charge in [-0.3, -0.25) is 4.79 Å². The Balaban J connectivity index is 1.29. The van der Waals surface area contributed by atoms with Crippen molar-refractivity contribution in [1.82, 2.24) is 10.6 Å². The summed E-state index contributed by atoms with van der Waals surface area (Å²) in [6.45, 7) is 0.429. The molecule has 2 aromatic carbocycles. The molecule has 2 aromatic rings. The van der Waals surface area contributed by atoms with Gasteiger partial charge in [0.2, 0.25) is 5.91 Å². The zero-order chi connectivity index (χ0) is 23.2. The van der Waals surface area contributed by atoms with Crippen molar-refractivity contribution >= 4 is 18.0 Å². The van der Waals surface area contributed by atoms with E-state index < -0.39 is 12.1 Å². The highest BCUT2D eigenvalue weighted by molar-refractivity contribution is 5.81. The molecule has 7 heteroatoms. The highest BCUT2D eigenvalue weighted by atomic mass is 16.5. The van der Waals surface area contributed by atoms with Crippen LogP contribution in [0.3, 0.4) is 0 Å². The summed E-state index contributed by atoms with van der Waals surface area (Å²) < 4.78 is 5.62. The average molecular weight is 449 g/mol. The monoisotopic (exact) mass is 448 g/mol. The van der Waals surface area contributed by atoms with Gasteiger partial charge in [-0.1, -0.05) is 61.0 Å². The molecule has 1 saturated carbocycles. The van der Waals surface area contributed by atoms with Crippen LogP contribution in [0.2, 0.25) is 0 Å². The van der Waals surface area contributed by atoms with Crippen molar-refractivity contribution in [3.8, 4) is 11.1 Å². The summed E-state index contributed by atoms with van der Waals surface area (Å²) in [6, 6.07) is 16.3. The summed E-state index contributed by atoms with van der Waals surface area (Å²) >= 11 is 0. The molecule has 0 bridgehead atoms. The van der Waals surface area contributed by atoms with Crippen LogP contribution in [-0.4, -0.2) is 42.3 Å². The van der Waals surface area contributed by atoms with E-state index in [9.17, 15) is 14.4 Å². The van der Waals surface area contributed by atoms with E-state index in [1.54, 1.807) is 0 Å². The second-order valence-corrected chi connectivity index (χ2v) is 8.52. The molecule has 0 aromatic heterocycles. The van der Waals surface area contributed by atoms with Crippen molar-refractivity contribution in [2.75, 3.05) is 13.2 Å². The summed E-state index contributed by atoms with van der Waals surface area (Å²) in [5, 5.41) is 14.3. The van der Waals surface area contributed by atoms with E-state index in [4.69, 9.17) is 9.84 Å². The van der Waals surface area contributed by atoms with Gasteiger partial charge >= 0.3 is 12.1 Å². The van der Waals surface area contributed by atoms with E-state index in [-0.39, 0.29) is 36.9 Å². The number of hydrogen-bond acceptors (Lipinski definition) is 4. The van der Waals surface area contributed by atoms with Crippen LogP contribution in [0.1, 0.15) is 42.7 Å². The largest absolute Gasteiger partial charge is 0.478 e. The Morgan fingerprint density at radius 1 is 1.00 bits per heavy atom. The highest BCUT2D eigenvalue weighted by Gasteiger charge is 2.31. The number of fused-ring (bicyclic) bond motifs is 3. The van der Waals surface area contributed by atoms with E-state index in [1.807, 2.05) is 24.3 Å². The van der Waals surface area contributed by atoms with Crippen molar-refractivity contribution in [2.45, 2.75) is 37.6 Å². The van der Waals surface area contributed by atoms with Gasteiger partial charge < -0.3 is 20.5 Å². The molecule has 0 spiro atoms. The molecule has 4 rings (SSSR count). The summed E-state index contributed by atoms with van der Waals surface area (Å²) in [6.07, 6.45) is 4.85. The summed E-state index contributed by atoms with van der Waals surface area (Å²) in [5.41, 5.74) is 4.69. The van der Waals surface area contributed by atoms with E-state index in [0.29, 0.717) is 6.42 Å². The van der Waals surface area contributed by atoms with Crippen molar-refractivity contribution in [2.24, 2.45) is 5.92 Å². The number of carbonyl (C=O) groups is 3. The topological polar surface area (TPSA) is 105 Å². The molecule has 2 atom stereocenters. The van der Waals surface area contributed by atoms with Gasteiger partial charge in [-0.05, 0) is 41.5 Å². The van der Waals surface area contributed by atoms with Crippen LogP contribution in [0, 0.1) is 5.92 Å². The first-order chi connectivity index (χ1) is 16.0. The number of aliphatic carboxylic acids is 1. The van der Waals surface area contributed by atoms with Gasteiger partial charge in [0, 0.05) is 30.5 Å². The number of ether oxygens (including phenoxy) is 1. The van der Waals surface area contributed by atoms with E-state index in [1.165, 1.54) is 17.2 Å². The number of benzene rings is 2. The summed E-state index contributed by atoms with van der Waals surface area (Å²) in [4.78, 5) is 35.4. The lowest BCUT2D eigenvalue weighted by Gasteiger charge is -2.28. The fourth-order valence-corrected chi connectivity index (χ4v) is 4.83. The fourth-order valence-electron chi connectivity index (χ4n) is 4.83. The Hall–Kier alpha value is -3.61. The quantitative estimate of drug-likeness (QED) is 0.558. The molecule has 0 aliphatic heterocycles. The number of carbonyl (C=O) groups excluding carboxylic acids is 2. The van der Waals surface area contributed by atoms with Gasteiger partial charge in [-0.15, -0.1) is 0 Å². The maximum Gasteiger partial charge on any atom is 0.407 e. The molecule has 2 aliphatic carbocycles. The molecule has 7 nitrogen and oxygen atoms in total. The van der Waals surface area contributed by atoms with Crippen molar-refractivity contribution in [1.29, 1.82) is 0 Å². The normalized spacial score (nSPS) is 19.5. The minimum atomic E-state index is -1.05. The molecule has 0 radical (unpaired) electrons. The Morgan fingerprint density at radius 2 is 1.67 bits per heavy atom. The van der Waals surface area contributed by atoms with Crippen LogP contribution in [0.4, 0.5) is 4.79 Å². The standard InChI is InChI=1S/C26H28N2O5/c29-24(30)13-6-14-27-25(31)17-7-5-8-18(15-17)28-26(32)33-16-23-21-11-3-1-9-19(21)20-10-2-4-12-22(20)23/h1-4,6,9-13,17-18,23H,5,7-8,14-16H2,(H,27,31)(H,28,32)(H,29,30)/b13-6+/t17-,18+/m1/s1. The average Bonchev–Trinajstić information content (AvgIpc) is 3.14. The summed E-state index contributed by atoms with van der Waals surface area (Å²) in [5.74, 6) is -1.37. The third kappa shape index (κ3) is 5.42. The third-order valence-electron chi connectivity index (χ3n) is 6.37. The minimum Gasteiger partial charge on any atom is -0.478 e. The Labute approximate surface area is 192 Å². The van der Waals surface area contributed by atoms with Crippen molar-refractivity contribution in [3.05, 3.63) is 71.8 Å². The molecule has 2 aliphatic rings. The number of carboxylic acid groups (broad SMARTS) is 1. The van der Waals surface area contributed by atoms with Gasteiger partial charge in [0.25, 0.3) is 0 Å². The van der Waals surface area contributed by atoms with Crippen LogP contribution in [-0.2, 0) is 14.3 Å². The minimum absolute atomic E-state index is 0.00638. The van der Waals surface area contributed by atoms with Gasteiger partial charge in [-0.2, -0.15) is 0 Å². The maximum absolute atomic E-state index is 12.5. The van der Waals surface area contributed by atoms with Gasteiger partial charge in [-0.25, -0.2) is 9.59 Å². The van der Waals surface area contributed by atoms with Crippen molar-refractivity contribution in [3.63, 3.8) is 0 Å². The molecular formula is C26H28N2O5. The second-order valence-electron chi connectivity index (χ2n) is 8.52. The number of amides is 2. The predicted molar refractivity (Wildman–Crippen MR) is 124 cm³/mol. The number of rotatable bonds is 7. The number of alkyl carbamates (subject to hydrolysis) is 1. The molecule has 0 heterocycles. The Bertz CT molecular complexity index is 1020. The van der Waals surface area contributed by atoms with Gasteiger partial charge in [0.1, 0.15) is 6.61 Å². The zero-order valence-corrected chi connectivity index (χ0v) is 18.3. The molecule has 0 unspecified atom stereocenters. The first kappa shape index (κ1) is 22.6. The predicted octanol–water partition coefficient (Wildman–Crippen LogP) is 3.84. The SMILES string of the molecule is O=C(O)/C=C/CNC(=O)[C@@H]1CCC[C@H](NC(=O)OCC2c3ccccc3-c3ccccc32)C1. The molecule has 3 N–H and O–H groups in total. The van der Waals surface area contributed by atoms with Crippen LogP contribution in [0.5, 0.6) is 0 Å². The lowest BCUT2D eigenvalue weighted by atomic mass is 9.85. The number of hydrogen-bond donors (Lipinski definition) is 3. The zero-order valence-electron chi connectivity index (χ0n) is 18.3. The lowest BCUT2D eigenvalue weighted by Crippen LogP contribution is -2.42. The van der Waals surface area contributed by atoms with Crippen molar-refractivity contribution < 1.29 is 24.2 Å². The van der Waals surface area contributed by atoms with Crippen LogP contribution in [0.15, 0.2) is 60.7 Å². The molecule has 1 fully saturated rings. The van der Waals surface area contributed by atoms with E-state index in [0.717, 1.165) is 36.5 Å². The van der Waals surface area contributed by atoms with Crippen LogP contribution < -0.4 is 10.6 Å². The maximum atomic E-state index is 12.5. The molecule has 172 valence electrons. The Morgan fingerprint density at radius 3 is 2.33 bits per heavy atom. The van der Waals surface area contributed by atoms with E-state index >= 15 is 0 Å². The molecule has 0 saturated heterocycles. The third-order valence-corrected chi connectivity index (χ3v) is 6.37. The first-order valence-corrected chi connectivity index (χ1v) is 11.3. The summed E-state index contributed by atoms with van der Waals surface area (Å²) in [7, 11) is 0. The highest BCUT2D eigenvalue weighted by Crippen LogP contribution is 2.44. The smallest absolute Gasteiger partial charge is 0.407 e. The Kier molecular flexibility index (Phi) is 7.07. The van der Waals surface area contributed by atoms with Gasteiger partial charge in [0.15, 0.2) is 0 Å².